The van der Waals surface area contributed by atoms with Crippen LogP contribution in [0.25, 0.3) is 0 Å². The second kappa shape index (κ2) is 5.54. The lowest BCUT2D eigenvalue weighted by Gasteiger charge is -2.19. The number of ether oxygens (including phenoxy) is 2. The highest BCUT2D eigenvalue weighted by molar-refractivity contribution is 5.43. The first-order chi connectivity index (χ1) is 9.74. The Bertz CT molecular complexity index is 593. The first kappa shape index (κ1) is 13.0. The molecular weight excluding hydrogens is 254 g/mol. The third kappa shape index (κ3) is 2.63. The second-order valence-corrected chi connectivity index (χ2v) is 5.03. The number of fused-ring (bicyclic) bond motifs is 1. The van der Waals surface area contributed by atoms with Gasteiger partial charge in [0.05, 0.1) is 12.0 Å². The molecular formula is C15H19N3O2. The minimum atomic E-state index is -0.00207. The van der Waals surface area contributed by atoms with Crippen LogP contribution in [-0.2, 0) is 13.0 Å². The van der Waals surface area contributed by atoms with Gasteiger partial charge in [-0.3, -0.25) is 0 Å². The number of nitrogens with zero attached hydrogens (tertiary/aromatic N) is 2. The Morgan fingerprint density at radius 1 is 1.30 bits per heavy atom. The van der Waals surface area contributed by atoms with Gasteiger partial charge in [-0.2, -0.15) is 0 Å². The minimum Gasteiger partial charge on any atom is -0.486 e. The zero-order chi connectivity index (χ0) is 13.9. The molecule has 0 unspecified atom stereocenters. The maximum Gasteiger partial charge on any atom is 0.161 e. The lowest BCUT2D eigenvalue weighted by atomic mass is 10.1. The number of hydrogen-bond acceptors (Lipinski definition) is 4. The Labute approximate surface area is 118 Å². The molecule has 0 saturated carbocycles. The quantitative estimate of drug-likeness (QED) is 0.924. The van der Waals surface area contributed by atoms with Crippen molar-refractivity contribution in [2.45, 2.75) is 25.9 Å². The predicted octanol–water partition coefficient (Wildman–Crippen LogP) is 1.92. The van der Waals surface area contributed by atoms with Crippen LogP contribution in [0.3, 0.4) is 0 Å². The van der Waals surface area contributed by atoms with Crippen molar-refractivity contribution in [3.8, 4) is 11.5 Å². The van der Waals surface area contributed by atoms with Gasteiger partial charge in [0.1, 0.15) is 13.2 Å². The van der Waals surface area contributed by atoms with Crippen molar-refractivity contribution < 1.29 is 9.47 Å². The van der Waals surface area contributed by atoms with Gasteiger partial charge in [0, 0.05) is 18.8 Å². The van der Waals surface area contributed by atoms with Gasteiger partial charge in [0.25, 0.3) is 0 Å². The van der Waals surface area contributed by atoms with Gasteiger partial charge in [-0.05, 0) is 31.0 Å². The van der Waals surface area contributed by atoms with E-state index in [1.165, 1.54) is 5.56 Å². The molecule has 0 aliphatic carbocycles. The normalized spacial score (nSPS) is 15.1. The third-order valence-corrected chi connectivity index (χ3v) is 3.46. The van der Waals surface area contributed by atoms with Crippen LogP contribution in [-0.4, -0.2) is 22.8 Å². The van der Waals surface area contributed by atoms with Gasteiger partial charge < -0.3 is 19.8 Å². The summed E-state index contributed by atoms with van der Waals surface area (Å²) in [6.07, 6.45) is 4.57. The summed E-state index contributed by atoms with van der Waals surface area (Å²) in [7, 11) is 0. The molecule has 3 rings (SSSR count). The largest absolute Gasteiger partial charge is 0.486 e. The third-order valence-electron chi connectivity index (χ3n) is 3.46. The molecule has 2 N–H and O–H groups in total. The Kier molecular flexibility index (Phi) is 3.60. The molecule has 1 aliphatic heterocycles. The Morgan fingerprint density at radius 2 is 2.10 bits per heavy atom. The SMILES string of the molecule is C[C@@H](N)c1cncn1CCc1ccc2c(c1)OCCO2. The number of hydrogen-bond donors (Lipinski definition) is 1. The number of aryl methyl sites for hydroxylation is 2. The van der Waals surface area contributed by atoms with E-state index in [1.807, 2.05) is 25.5 Å². The van der Waals surface area contributed by atoms with E-state index in [1.54, 1.807) is 0 Å². The fourth-order valence-electron chi connectivity index (χ4n) is 2.39. The van der Waals surface area contributed by atoms with Crippen molar-refractivity contribution in [3.63, 3.8) is 0 Å². The molecule has 2 aromatic rings. The highest BCUT2D eigenvalue weighted by atomic mass is 16.6. The van der Waals surface area contributed by atoms with Crippen LogP contribution < -0.4 is 15.2 Å². The summed E-state index contributed by atoms with van der Waals surface area (Å²) in [6.45, 7) is 4.07. The van der Waals surface area contributed by atoms with E-state index in [9.17, 15) is 0 Å². The maximum absolute atomic E-state index is 5.92. The molecule has 1 atom stereocenters. The van der Waals surface area contributed by atoms with Crippen molar-refractivity contribution in [3.05, 3.63) is 42.0 Å². The zero-order valence-electron chi connectivity index (χ0n) is 11.6. The van der Waals surface area contributed by atoms with Gasteiger partial charge in [-0.15, -0.1) is 0 Å². The van der Waals surface area contributed by atoms with Crippen LogP contribution in [0.5, 0.6) is 11.5 Å². The summed E-state index contributed by atoms with van der Waals surface area (Å²) in [5.74, 6) is 1.67. The van der Waals surface area contributed by atoms with Crippen molar-refractivity contribution >= 4 is 0 Å². The van der Waals surface area contributed by atoms with E-state index in [-0.39, 0.29) is 6.04 Å². The summed E-state index contributed by atoms with van der Waals surface area (Å²) in [5, 5.41) is 0. The molecule has 1 aromatic heterocycles. The Morgan fingerprint density at radius 3 is 2.90 bits per heavy atom. The Hall–Kier alpha value is -2.01. The van der Waals surface area contributed by atoms with Gasteiger partial charge >= 0.3 is 0 Å². The molecule has 1 aromatic carbocycles. The molecule has 0 spiro atoms. The molecule has 106 valence electrons. The monoisotopic (exact) mass is 273 g/mol. The number of nitrogens with two attached hydrogens (primary N) is 1. The molecule has 0 amide bonds. The minimum absolute atomic E-state index is 0.00207. The van der Waals surface area contributed by atoms with Gasteiger partial charge in [0.2, 0.25) is 0 Å². The average Bonchev–Trinajstić information content (AvgIpc) is 2.93. The standard InChI is InChI=1S/C15H19N3O2/c1-11(16)13-9-17-10-18(13)5-4-12-2-3-14-15(8-12)20-7-6-19-14/h2-3,8-11H,4-7,16H2,1H3/t11-/m1/s1. The van der Waals surface area contributed by atoms with Crippen LogP contribution in [0.2, 0.25) is 0 Å². The first-order valence-corrected chi connectivity index (χ1v) is 6.88. The topological polar surface area (TPSA) is 62.3 Å². The highest BCUT2D eigenvalue weighted by Gasteiger charge is 2.12. The number of imidazole rings is 1. The second-order valence-electron chi connectivity index (χ2n) is 5.03. The number of aromatic nitrogens is 2. The van der Waals surface area contributed by atoms with E-state index < -0.39 is 0 Å². The van der Waals surface area contributed by atoms with Crippen LogP contribution >= 0.6 is 0 Å². The van der Waals surface area contributed by atoms with E-state index in [0.29, 0.717) is 13.2 Å². The fraction of sp³-hybridized carbons (Fsp3) is 0.400. The van der Waals surface area contributed by atoms with Crippen molar-refractivity contribution in [2.24, 2.45) is 5.73 Å². The number of benzene rings is 1. The number of rotatable bonds is 4. The van der Waals surface area contributed by atoms with Gasteiger partial charge in [0.15, 0.2) is 11.5 Å². The van der Waals surface area contributed by atoms with Crippen LogP contribution in [0.15, 0.2) is 30.7 Å². The van der Waals surface area contributed by atoms with Crippen LogP contribution in [0, 0.1) is 0 Å². The molecule has 1 aliphatic rings. The summed E-state index contributed by atoms with van der Waals surface area (Å²) < 4.78 is 13.2. The van der Waals surface area contributed by atoms with Crippen molar-refractivity contribution in [2.75, 3.05) is 13.2 Å². The predicted molar refractivity (Wildman–Crippen MR) is 76.0 cm³/mol. The lowest BCUT2D eigenvalue weighted by molar-refractivity contribution is 0.171. The van der Waals surface area contributed by atoms with Gasteiger partial charge in [-0.1, -0.05) is 6.07 Å². The summed E-state index contributed by atoms with van der Waals surface area (Å²) in [6, 6.07) is 6.11. The highest BCUT2D eigenvalue weighted by Crippen LogP contribution is 2.31. The van der Waals surface area contributed by atoms with Crippen LogP contribution in [0.4, 0.5) is 0 Å². The molecule has 0 saturated heterocycles. The summed E-state index contributed by atoms with van der Waals surface area (Å²) in [4.78, 5) is 4.16. The maximum atomic E-state index is 5.92. The summed E-state index contributed by atoms with van der Waals surface area (Å²) >= 11 is 0. The van der Waals surface area contributed by atoms with Crippen LogP contribution in [0.1, 0.15) is 24.2 Å². The summed E-state index contributed by atoms with van der Waals surface area (Å²) in [5.41, 5.74) is 8.20. The molecule has 0 radical (unpaired) electrons. The van der Waals surface area contributed by atoms with Crippen molar-refractivity contribution in [1.82, 2.24) is 9.55 Å². The molecule has 5 nitrogen and oxygen atoms in total. The van der Waals surface area contributed by atoms with E-state index in [4.69, 9.17) is 15.2 Å². The van der Waals surface area contributed by atoms with E-state index >= 15 is 0 Å². The van der Waals surface area contributed by atoms with Crippen molar-refractivity contribution in [1.29, 1.82) is 0 Å². The van der Waals surface area contributed by atoms with Gasteiger partial charge in [-0.25, -0.2) is 4.98 Å². The lowest BCUT2D eigenvalue weighted by Crippen LogP contribution is -2.15. The molecule has 20 heavy (non-hydrogen) atoms. The molecule has 2 heterocycles. The van der Waals surface area contributed by atoms with E-state index in [0.717, 1.165) is 30.2 Å². The first-order valence-electron chi connectivity index (χ1n) is 6.88. The molecule has 0 bridgehead atoms. The fourth-order valence-corrected chi connectivity index (χ4v) is 2.39. The molecule has 0 fully saturated rings. The average molecular weight is 273 g/mol. The van der Waals surface area contributed by atoms with E-state index in [2.05, 4.69) is 21.7 Å². The zero-order valence-corrected chi connectivity index (χ0v) is 11.6. The molecule has 5 heteroatoms. The Balaban J connectivity index is 1.70. The smallest absolute Gasteiger partial charge is 0.161 e.